The summed E-state index contributed by atoms with van der Waals surface area (Å²) in [4.78, 5) is 1.33. The Balaban J connectivity index is 2.30. The smallest absolute Gasteiger partial charge is 0.129 e. The lowest BCUT2D eigenvalue weighted by molar-refractivity contribution is 0.428. The number of hydrogen-bond donors (Lipinski definition) is 1. The molecular weight excluding hydrogens is 236 g/mol. The number of thiophene rings is 1. The van der Waals surface area contributed by atoms with Gasteiger partial charge >= 0.3 is 0 Å². The topological polar surface area (TPSA) is 28.8 Å². The Hall–Kier alpha value is -0.870. The molecule has 2 aromatic rings. The molecule has 0 aromatic carbocycles. The summed E-state index contributed by atoms with van der Waals surface area (Å²) in [7, 11) is 0. The van der Waals surface area contributed by atoms with E-state index >= 15 is 0 Å². The van der Waals surface area contributed by atoms with Crippen molar-refractivity contribution in [3.63, 3.8) is 0 Å². The molecule has 2 aromatic heterocycles. The van der Waals surface area contributed by atoms with Crippen LogP contribution in [0.3, 0.4) is 0 Å². The van der Waals surface area contributed by atoms with Crippen LogP contribution < -0.4 is 4.67 Å². The molecule has 86 valence electrons. The molecule has 1 N–H and O–H groups in total. The second-order valence-electron chi connectivity index (χ2n) is 4.83. The van der Waals surface area contributed by atoms with Crippen LogP contribution in [-0.2, 0) is 12.0 Å². The van der Waals surface area contributed by atoms with Gasteiger partial charge in [-0.25, -0.2) is 0 Å². The summed E-state index contributed by atoms with van der Waals surface area (Å²) in [5.74, 6) is 0. The fraction of sp³-hybridized carbons (Fsp3) is 0.417. The van der Waals surface area contributed by atoms with Gasteiger partial charge in [0.1, 0.15) is 4.67 Å². The quantitative estimate of drug-likeness (QED) is 0.848. The minimum atomic E-state index is 0.0775. The molecule has 4 heteroatoms. The minimum absolute atomic E-state index is 0.0775. The first-order chi connectivity index (χ1) is 7.47. The maximum Gasteiger partial charge on any atom is 0.129 e. The van der Waals surface area contributed by atoms with E-state index in [1.54, 1.807) is 11.3 Å². The predicted octanol–water partition coefficient (Wildman–Crippen LogP) is 3.44. The Morgan fingerprint density at radius 1 is 1.38 bits per heavy atom. The normalized spacial score (nSPS) is 11.9. The second kappa shape index (κ2) is 4.18. The van der Waals surface area contributed by atoms with Crippen LogP contribution in [0.1, 0.15) is 31.2 Å². The van der Waals surface area contributed by atoms with Gasteiger partial charge in [0.15, 0.2) is 0 Å². The van der Waals surface area contributed by atoms with Crippen molar-refractivity contribution in [1.82, 2.24) is 3.96 Å². The molecule has 2 nitrogen and oxygen atoms in total. The van der Waals surface area contributed by atoms with Crippen molar-refractivity contribution in [2.24, 2.45) is 0 Å². The van der Waals surface area contributed by atoms with Crippen molar-refractivity contribution < 1.29 is 0 Å². The Morgan fingerprint density at radius 2 is 2.12 bits per heavy atom. The van der Waals surface area contributed by atoms with Gasteiger partial charge < -0.3 is 0 Å². The van der Waals surface area contributed by atoms with E-state index in [-0.39, 0.29) is 5.54 Å². The van der Waals surface area contributed by atoms with Gasteiger partial charge in [-0.3, -0.25) is 9.37 Å². The highest BCUT2D eigenvalue weighted by molar-refractivity contribution is 7.10. The van der Waals surface area contributed by atoms with Crippen LogP contribution in [0.5, 0.6) is 0 Å². The summed E-state index contributed by atoms with van der Waals surface area (Å²) in [6.45, 7) is 6.49. The van der Waals surface area contributed by atoms with Crippen LogP contribution in [0.4, 0.5) is 0 Å². The van der Waals surface area contributed by atoms with Crippen molar-refractivity contribution in [3.8, 4) is 0 Å². The van der Waals surface area contributed by atoms with E-state index in [4.69, 9.17) is 5.41 Å². The Labute approximate surface area is 104 Å². The molecule has 0 aliphatic rings. The van der Waals surface area contributed by atoms with Crippen LogP contribution >= 0.6 is 22.9 Å². The average molecular weight is 252 g/mol. The van der Waals surface area contributed by atoms with Crippen LogP contribution in [0.2, 0.25) is 0 Å². The molecule has 2 rings (SSSR count). The molecule has 0 saturated heterocycles. The molecule has 0 aliphatic carbocycles. The van der Waals surface area contributed by atoms with Gasteiger partial charge in [-0.1, -0.05) is 6.07 Å². The molecule has 0 bridgehead atoms. The number of nitrogens with zero attached hydrogens (tertiary/aromatic N) is 1. The average Bonchev–Trinajstić information content (AvgIpc) is 2.76. The van der Waals surface area contributed by atoms with E-state index in [1.807, 2.05) is 0 Å². The number of rotatable bonds is 2. The zero-order valence-corrected chi connectivity index (χ0v) is 11.4. The minimum Gasteiger partial charge on any atom is -0.298 e. The van der Waals surface area contributed by atoms with E-state index in [1.165, 1.54) is 16.4 Å². The fourth-order valence-corrected chi connectivity index (χ4v) is 3.06. The van der Waals surface area contributed by atoms with Gasteiger partial charge in [-0.2, -0.15) is 0 Å². The van der Waals surface area contributed by atoms with Crippen LogP contribution in [-0.4, -0.2) is 3.96 Å². The first-order valence-corrected chi connectivity index (χ1v) is 6.91. The Bertz CT molecular complexity index is 512. The number of hydrogen-bond acceptors (Lipinski definition) is 3. The van der Waals surface area contributed by atoms with Gasteiger partial charge in [0, 0.05) is 28.6 Å². The van der Waals surface area contributed by atoms with Crippen molar-refractivity contribution >= 4 is 22.9 Å². The predicted molar refractivity (Wildman–Crippen MR) is 70.3 cm³/mol. The molecule has 0 aliphatic heterocycles. The third-order valence-electron chi connectivity index (χ3n) is 2.36. The van der Waals surface area contributed by atoms with Crippen molar-refractivity contribution in [3.05, 3.63) is 38.8 Å². The first kappa shape index (κ1) is 11.6. The lowest BCUT2D eigenvalue weighted by Crippen LogP contribution is -2.18. The lowest BCUT2D eigenvalue weighted by Gasteiger charge is -2.19. The molecule has 0 spiro atoms. The van der Waals surface area contributed by atoms with Gasteiger partial charge in [-0.15, -0.1) is 11.3 Å². The highest BCUT2D eigenvalue weighted by Gasteiger charge is 2.15. The fourth-order valence-electron chi connectivity index (χ4n) is 1.44. The van der Waals surface area contributed by atoms with Crippen LogP contribution in [0, 0.1) is 5.41 Å². The van der Waals surface area contributed by atoms with Gasteiger partial charge in [-0.05, 0) is 43.8 Å². The van der Waals surface area contributed by atoms with E-state index in [0.29, 0.717) is 4.67 Å². The highest BCUT2D eigenvalue weighted by atomic mass is 32.1. The largest absolute Gasteiger partial charge is 0.298 e. The van der Waals surface area contributed by atoms with E-state index in [0.717, 1.165) is 12.0 Å². The van der Waals surface area contributed by atoms with E-state index < -0.39 is 0 Å². The maximum absolute atomic E-state index is 7.98. The molecule has 0 unspecified atom stereocenters. The van der Waals surface area contributed by atoms with Crippen molar-refractivity contribution in [1.29, 1.82) is 5.41 Å². The van der Waals surface area contributed by atoms with E-state index in [9.17, 15) is 0 Å². The lowest BCUT2D eigenvalue weighted by atomic mass is 10.1. The summed E-state index contributed by atoms with van der Waals surface area (Å²) >= 11 is 3.29. The summed E-state index contributed by atoms with van der Waals surface area (Å²) in [6, 6.07) is 4.19. The number of aromatic nitrogens is 1. The summed E-state index contributed by atoms with van der Waals surface area (Å²) in [5.41, 5.74) is 1.20. The zero-order valence-electron chi connectivity index (χ0n) is 9.78. The Kier molecular flexibility index (Phi) is 3.04. The molecule has 0 radical (unpaired) electrons. The molecule has 0 atom stereocenters. The second-order valence-corrected chi connectivity index (χ2v) is 6.84. The van der Waals surface area contributed by atoms with Crippen LogP contribution in [0.25, 0.3) is 0 Å². The van der Waals surface area contributed by atoms with Crippen molar-refractivity contribution in [2.75, 3.05) is 0 Å². The highest BCUT2D eigenvalue weighted by Crippen LogP contribution is 2.19. The van der Waals surface area contributed by atoms with Crippen LogP contribution in [0.15, 0.2) is 23.7 Å². The van der Waals surface area contributed by atoms with E-state index in [2.05, 4.69) is 48.4 Å². The number of nitrogens with one attached hydrogen (secondary N) is 1. The standard InChI is InChI=1S/C12H16N2S2/c1-12(2,3)14-8-9(11(13)16-14)7-10-5-4-6-15-10/h4-6,8,13H,7H2,1-3H3. The molecule has 0 saturated carbocycles. The SMILES string of the molecule is CC(C)(C)n1cc(Cc2cccs2)c(=N)s1. The monoisotopic (exact) mass is 252 g/mol. The summed E-state index contributed by atoms with van der Waals surface area (Å²) in [6.07, 6.45) is 3.00. The molecule has 16 heavy (non-hydrogen) atoms. The molecule has 0 amide bonds. The van der Waals surface area contributed by atoms with Crippen molar-refractivity contribution in [2.45, 2.75) is 32.7 Å². The van der Waals surface area contributed by atoms with Gasteiger partial charge in [0.2, 0.25) is 0 Å². The summed E-state index contributed by atoms with van der Waals surface area (Å²) in [5, 5.41) is 10.1. The third kappa shape index (κ3) is 2.44. The van der Waals surface area contributed by atoms with Gasteiger partial charge in [0.25, 0.3) is 0 Å². The van der Waals surface area contributed by atoms with Gasteiger partial charge in [0.05, 0.1) is 0 Å². The molecule has 2 heterocycles. The molecule has 0 fully saturated rings. The molecular formula is C12H16N2S2. The summed E-state index contributed by atoms with van der Waals surface area (Å²) < 4.78 is 2.85. The first-order valence-electron chi connectivity index (χ1n) is 5.26. The zero-order chi connectivity index (χ0) is 11.8. The Morgan fingerprint density at radius 3 is 2.62 bits per heavy atom. The third-order valence-corrected chi connectivity index (χ3v) is 4.53. The maximum atomic E-state index is 7.98.